The van der Waals surface area contributed by atoms with Gasteiger partial charge in [0.1, 0.15) is 23.9 Å². The van der Waals surface area contributed by atoms with Crippen LogP contribution in [0.3, 0.4) is 0 Å². The molecule has 2 aromatic carbocycles. The third kappa shape index (κ3) is 12.0. The average Bonchev–Trinajstić information content (AvgIpc) is 3.95. The maximum Gasteiger partial charge on any atom is 0.352 e. The molecule has 63 heavy (non-hydrogen) atoms. The van der Waals surface area contributed by atoms with Crippen LogP contribution in [0.15, 0.2) is 72.0 Å². The quantitative estimate of drug-likeness (QED) is 0.0395. The monoisotopic (exact) mass is 903 g/mol. The predicted octanol–water partition coefficient (Wildman–Crippen LogP) is 11.7. The number of hydrogen-bond donors (Lipinski definition) is 1. The van der Waals surface area contributed by atoms with Crippen LogP contribution in [0.2, 0.25) is 0 Å². The van der Waals surface area contributed by atoms with Gasteiger partial charge in [-0.3, -0.25) is 14.2 Å². The van der Waals surface area contributed by atoms with E-state index in [2.05, 4.69) is 86.8 Å². The van der Waals surface area contributed by atoms with Crippen molar-refractivity contribution in [3.8, 4) is 26.3 Å². The second-order valence-corrected chi connectivity index (χ2v) is 19.5. The van der Waals surface area contributed by atoms with E-state index < -0.39 is 29.6 Å². The first kappa shape index (κ1) is 47.5. The van der Waals surface area contributed by atoms with Crippen LogP contribution in [0, 0.1) is 11.3 Å². The summed E-state index contributed by atoms with van der Waals surface area (Å²) in [4.78, 5) is 45.9. The number of carboxylic acid groups (broad SMARTS) is 1. The van der Waals surface area contributed by atoms with Gasteiger partial charge in [-0.1, -0.05) is 115 Å². The summed E-state index contributed by atoms with van der Waals surface area (Å²) in [6, 6.07) is 22.5. The number of thiazole rings is 1. The van der Waals surface area contributed by atoms with Gasteiger partial charge in [-0.25, -0.2) is 4.79 Å². The molecule has 8 nitrogen and oxygen atoms in total. The third-order valence-electron chi connectivity index (χ3n) is 11.6. The Morgan fingerprint density at radius 3 is 2.17 bits per heavy atom. The molecule has 0 fully saturated rings. The van der Waals surface area contributed by atoms with Crippen molar-refractivity contribution >= 4 is 69.0 Å². The number of nitriles is 1. The van der Waals surface area contributed by atoms with Gasteiger partial charge in [0.15, 0.2) is 5.57 Å². The molecular formula is C52H61N3O5S3. The summed E-state index contributed by atoms with van der Waals surface area (Å²) in [7, 11) is 0. The van der Waals surface area contributed by atoms with E-state index >= 15 is 0 Å². The lowest BCUT2D eigenvalue weighted by Crippen LogP contribution is -2.35. The third-order valence-corrected chi connectivity index (χ3v) is 15.3. The highest BCUT2D eigenvalue weighted by molar-refractivity contribution is 7.24. The molecule has 0 saturated heterocycles. The van der Waals surface area contributed by atoms with Crippen LogP contribution in [0.1, 0.15) is 125 Å². The zero-order chi connectivity index (χ0) is 44.7. The molecule has 1 N–H and O–H groups in total. The van der Waals surface area contributed by atoms with Crippen LogP contribution in [-0.2, 0) is 46.6 Å². The van der Waals surface area contributed by atoms with E-state index in [0.29, 0.717) is 0 Å². The summed E-state index contributed by atoms with van der Waals surface area (Å²) < 4.78 is 6.36. The van der Waals surface area contributed by atoms with Gasteiger partial charge in [0.25, 0.3) is 5.56 Å². The molecule has 0 spiro atoms. The van der Waals surface area contributed by atoms with Crippen molar-refractivity contribution in [1.82, 2.24) is 4.57 Å². The number of unbranched alkanes of at least 4 members (excludes halogenated alkanes) is 9. The van der Waals surface area contributed by atoms with Gasteiger partial charge >= 0.3 is 11.9 Å². The van der Waals surface area contributed by atoms with Crippen molar-refractivity contribution in [3.63, 3.8) is 0 Å². The van der Waals surface area contributed by atoms with Gasteiger partial charge in [0.05, 0.1) is 4.53 Å². The molecule has 1 aliphatic rings. The number of hydrogen-bond acceptors (Lipinski definition) is 9. The molecule has 0 amide bonds. The number of nitrogens with zero attached hydrogens (tertiary/aromatic N) is 3. The van der Waals surface area contributed by atoms with Crippen LogP contribution >= 0.6 is 34.0 Å². The van der Waals surface area contributed by atoms with Gasteiger partial charge in [-0.2, -0.15) is 5.26 Å². The van der Waals surface area contributed by atoms with Crippen LogP contribution in [0.4, 0.5) is 11.4 Å². The standard InChI is InChI=1S/C52H61N3O5S3/c1-5-9-12-15-21-38-31-46(61-45(38)33-47-50(58)55(35-48(56)57)51(63-47)41(34-53)52(59)60-29-8-4)49-40(22-16-13-10-6-2)32-44(62-49)39-26-27-43-37(30-39)25-24-36-20-17-18-23-42(36)54(43)28-19-14-11-7-3/h8,17-18,20,23,26-27,30-33H,4-7,9-16,19,21-22,24-25,28-29,35H2,1-3H3,(H,56,57). The van der Waals surface area contributed by atoms with Crippen LogP contribution in [-0.4, -0.2) is 34.8 Å². The summed E-state index contributed by atoms with van der Waals surface area (Å²) in [6.45, 7) is 10.4. The Kier molecular flexibility index (Phi) is 17.8. The Morgan fingerprint density at radius 1 is 0.810 bits per heavy atom. The summed E-state index contributed by atoms with van der Waals surface area (Å²) in [5, 5.41) is 19.7. The van der Waals surface area contributed by atoms with E-state index in [-0.39, 0.29) is 15.8 Å². The van der Waals surface area contributed by atoms with Crippen LogP contribution < -0.4 is 19.7 Å². The predicted molar refractivity (Wildman–Crippen MR) is 263 cm³/mol. The second kappa shape index (κ2) is 23.6. The number of aromatic nitrogens is 1. The number of anilines is 2. The van der Waals surface area contributed by atoms with Gasteiger partial charge < -0.3 is 14.7 Å². The first-order valence-corrected chi connectivity index (χ1v) is 25.3. The van der Waals surface area contributed by atoms with Crippen molar-refractivity contribution in [2.24, 2.45) is 0 Å². The van der Waals surface area contributed by atoms with Crippen LogP contribution in [0.25, 0.3) is 31.8 Å². The molecule has 0 saturated carbocycles. The lowest BCUT2D eigenvalue weighted by Gasteiger charge is -2.27. The molecule has 1 aliphatic heterocycles. The SMILES string of the molecule is C=CCOC(=O)C(C#N)=c1sc(=Cc2sc(-c3sc(-c4ccc5c(c4)CCc4ccccc4N5CCCCCC)cc3CCCCCC)cc2CCCCCC)c(=O)n1CC(=O)O. The fraction of sp³-hybridized carbons (Fsp3) is 0.423. The minimum Gasteiger partial charge on any atom is -0.480 e. The molecule has 332 valence electrons. The van der Waals surface area contributed by atoms with Gasteiger partial charge in [-0.05, 0) is 109 Å². The van der Waals surface area contributed by atoms with E-state index in [1.54, 1.807) is 11.3 Å². The molecular weight excluding hydrogens is 843 g/mol. The Labute approximate surface area is 384 Å². The summed E-state index contributed by atoms with van der Waals surface area (Å²) in [6.07, 6.45) is 20.9. The number of thiophene rings is 2. The minimum absolute atomic E-state index is 0.0343. The number of ether oxygens (including phenoxy) is 1. The highest BCUT2D eigenvalue weighted by atomic mass is 32.1. The van der Waals surface area contributed by atoms with E-state index in [4.69, 9.17) is 4.74 Å². The molecule has 3 aromatic heterocycles. The van der Waals surface area contributed by atoms with Crippen molar-refractivity contribution in [2.75, 3.05) is 18.1 Å². The Balaban J connectivity index is 1.45. The Bertz CT molecular complexity index is 2600. The van der Waals surface area contributed by atoms with Gasteiger partial charge in [-0.15, -0.1) is 34.0 Å². The molecule has 4 heterocycles. The number of fused-ring (bicyclic) bond motifs is 2. The second-order valence-electron chi connectivity index (χ2n) is 16.3. The Hall–Kier alpha value is -5.02. The summed E-state index contributed by atoms with van der Waals surface area (Å²) in [5.74, 6) is -2.19. The number of benzene rings is 2. The smallest absolute Gasteiger partial charge is 0.352 e. The average molecular weight is 904 g/mol. The van der Waals surface area contributed by atoms with E-state index in [9.17, 15) is 24.8 Å². The van der Waals surface area contributed by atoms with E-state index in [0.717, 1.165) is 102 Å². The highest BCUT2D eigenvalue weighted by Gasteiger charge is 2.23. The van der Waals surface area contributed by atoms with E-state index in [1.165, 1.54) is 88.0 Å². The fourth-order valence-electron chi connectivity index (χ4n) is 8.34. The number of para-hydroxylation sites is 1. The van der Waals surface area contributed by atoms with Crippen molar-refractivity contribution in [3.05, 3.63) is 114 Å². The normalized spacial score (nSPS) is 13.0. The molecule has 0 aliphatic carbocycles. The maximum atomic E-state index is 13.9. The molecule has 0 bridgehead atoms. The fourth-order valence-corrected chi connectivity index (χ4v) is 12.0. The molecule has 0 unspecified atom stereocenters. The number of carbonyl (C=O) groups is 2. The molecule has 0 radical (unpaired) electrons. The maximum absolute atomic E-state index is 13.9. The van der Waals surface area contributed by atoms with Crippen molar-refractivity contribution in [2.45, 2.75) is 130 Å². The Morgan fingerprint density at radius 2 is 1.48 bits per heavy atom. The zero-order valence-corrected chi connectivity index (χ0v) is 39.6. The first-order valence-electron chi connectivity index (χ1n) is 22.8. The first-order chi connectivity index (χ1) is 30.7. The van der Waals surface area contributed by atoms with Gasteiger partial charge in [0, 0.05) is 37.4 Å². The van der Waals surface area contributed by atoms with E-state index in [1.807, 2.05) is 23.5 Å². The van der Waals surface area contributed by atoms with Crippen molar-refractivity contribution < 1.29 is 19.4 Å². The number of carbonyl (C=O) groups excluding carboxylic acids is 1. The molecule has 5 aromatic rings. The summed E-state index contributed by atoms with van der Waals surface area (Å²) >= 11 is 4.45. The molecule has 0 atom stereocenters. The minimum atomic E-state index is -1.26. The largest absolute Gasteiger partial charge is 0.480 e. The summed E-state index contributed by atoms with van der Waals surface area (Å²) in [5.41, 5.74) is 8.18. The van der Waals surface area contributed by atoms with Gasteiger partial charge in [0.2, 0.25) is 0 Å². The number of aliphatic carboxylic acids is 1. The lowest BCUT2D eigenvalue weighted by molar-refractivity contribution is -0.138. The van der Waals surface area contributed by atoms with Crippen LogP contribution in [0.5, 0.6) is 0 Å². The number of esters is 1. The zero-order valence-electron chi connectivity index (χ0n) is 37.1. The number of carboxylic acids is 1. The lowest BCUT2D eigenvalue weighted by atomic mass is 10.0. The molecule has 11 heteroatoms. The number of aryl methyl sites for hydroxylation is 4. The van der Waals surface area contributed by atoms with Crippen molar-refractivity contribution in [1.29, 1.82) is 5.26 Å². The topological polar surface area (TPSA) is 113 Å². The molecule has 6 rings (SSSR count). The highest BCUT2D eigenvalue weighted by Crippen LogP contribution is 2.45. The number of rotatable bonds is 23.